The summed E-state index contributed by atoms with van der Waals surface area (Å²) in [4.78, 5) is 15.0. The Bertz CT molecular complexity index is 1290. The molecule has 180 valence electrons. The minimum absolute atomic E-state index is 0.193. The average Bonchev–Trinajstić information content (AvgIpc) is 3.37. The third-order valence-electron chi connectivity index (χ3n) is 5.49. The van der Waals surface area contributed by atoms with Crippen molar-refractivity contribution in [3.8, 4) is 28.6 Å². The molecule has 0 bridgehead atoms. The van der Waals surface area contributed by atoms with Gasteiger partial charge in [0.2, 0.25) is 0 Å². The normalized spacial score (nSPS) is 10.6. The first-order valence-electron chi connectivity index (χ1n) is 10.9. The first-order chi connectivity index (χ1) is 17.0. The van der Waals surface area contributed by atoms with Crippen molar-refractivity contribution in [2.24, 2.45) is 0 Å². The van der Waals surface area contributed by atoms with Gasteiger partial charge in [0.25, 0.3) is 5.91 Å². The van der Waals surface area contributed by atoms with Crippen molar-refractivity contribution < 1.29 is 27.9 Å². The van der Waals surface area contributed by atoms with E-state index in [0.29, 0.717) is 34.3 Å². The fourth-order valence-electron chi connectivity index (χ4n) is 3.63. The van der Waals surface area contributed by atoms with Gasteiger partial charge in [-0.2, -0.15) is 0 Å². The van der Waals surface area contributed by atoms with Crippen LogP contribution in [0.5, 0.6) is 17.2 Å². The Balaban J connectivity index is 1.59. The lowest BCUT2D eigenvalue weighted by Gasteiger charge is -2.22. The molecule has 8 heteroatoms. The van der Waals surface area contributed by atoms with E-state index < -0.39 is 0 Å². The molecule has 35 heavy (non-hydrogen) atoms. The van der Waals surface area contributed by atoms with Crippen LogP contribution in [0.2, 0.25) is 0 Å². The summed E-state index contributed by atoms with van der Waals surface area (Å²) in [5.41, 5.74) is 2.61. The van der Waals surface area contributed by atoms with Crippen LogP contribution in [0.4, 0.5) is 4.39 Å². The van der Waals surface area contributed by atoms with E-state index in [1.54, 1.807) is 80.8 Å². The van der Waals surface area contributed by atoms with Gasteiger partial charge in [0.05, 0.1) is 27.9 Å². The van der Waals surface area contributed by atoms with E-state index in [1.165, 1.54) is 12.1 Å². The molecule has 0 saturated heterocycles. The first kappa shape index (κ1) is 23.8. The number of carbonyl (C=O) groups excluding carboxylic acids is 1. The van der Waals surface area contributed by atoms with Crippen LogP contribution in [0.1, 0.15) is 21.6 Å². The summed E-state index contributed by atoms with van der Waals surface area (Å²) in [6.45, 7) is 0.461. The van der Waals surface area contributed by atoms with Gasteiger partial charge in [-0.3, -0.25) is 4.79 Å². The molecule has 0 saturated carbocycles. The van der Waals surface area contributed by atoms with Crippen molar-refractivity contribution in [2.45, 2.75) is 13.1 Å². The van der Waals surface area contributed by atoms with Gasteiger partial charge in [-0.05, 0) is 60.2 Å². The van der Waals surface area contributed by atoms with Crippen LogP contribution in [0.15, 0.2) is 77.3 Å². The van der Waals surface area contributed by atoms with Crippen molar-refractivity contribution in [2.75, 3.05) is 21.3 Å². The van der Waals surface area contributed by atoms with Crippen molar-refractivity contribution in [1.29, 1.82) is 0 Å². The third-order valence-corrected chi connectivity index (χ3v) is 5.49. The first-order valence-corrected chi connectivity index (χ1v) is 10.9. The van der Waals surface area contributed by atoms with Crippen LogP contribution in [-0.2, 0) is 13.1 Å². The number of amides is 1. The molecule has 1 aromatic heterocycles. The highest BCUT2D eigenvalue weighted by Gasteiger charge is 2.20. The fraction of sp³-hybridized carbons (Fsp3) is 0.185. The van der Waals surface area contributed by atoms with Gasteiger partial charge in [0.1, 0.15) is 17.3 Å². The molecule has 4 rings (SSSR count). The third kappa shape index (κ3) is 5.60. The van der Waals surface area contributed by atoms with E-state index >= 15 is 0 Å². The van der Waals surface area contributed by atoms with Crippen LogP contribution in [0, 0.1) is 5.82 Å². The maximum Gasteiger partial charge on any atom is 0.254 e. The number of hydrogen-bond donors (Lipinski definition) is 0. The zero-order valence-electron chi connectivity index (χ0n) is 19.7. The number of benzene rings is 3. The zero-order valence-corrected chi connectivity index (χ0v) is 19.7. The van der Waals surface area contributed by atoms with Crippen molar-refractivity contribution in [3.05, 3.63) is 95.4 Å². The summed E-state index contributed by atoms with van der Waals surface area (Å²) in [5, 5.41) is 4.17. The minimum Gasteiger partial charge on any atom is -0.497 e. The SMILES string of the molecule is COc1ccc(C(=O)N(Cc2ccc(F)cc2)Cc2cc(-c3ccc(OC)c(OC)c3)on2)cc1. The molecule has 7 nitrogen and oxygen atoms in total. The van der Waals surface area contributed by atoms with Crippen LogP contribution < -0.4 is 14.2 Å². The van der Waals surface area contributed by atoms with Crippen LogP contribution in [0.3, 0.4) is 0 Å². The molecule has 0 aliphatic rings. The Morgan fingerprint density at radius 1 is 0.857 bits per heavy atom. The van der Waals surface area contributed by atoms with Gasteiger partial charge in [0, 0.05) is 23.7 Å². The molecular formula is C27H25FN2O5. The number of nitrogens with zero attached hydrogens (tertiary/aromatic N) is 2. The van der Waals surface area contributed by atoms with Gasteiger partial charge < -0.3 is 23.6 Å². The fourth-order valence-corrected chi connectivity index (χ4v) is 3.63. The van der Waals surface area contributed by atoms with E-state index in [-0.39, 0.29) is 24.8 Å². The minimum atomic E-state index is -0.335. The number of aromatic nitrogens is 1. The van der Waals surface area contributed by atoms with Gasteiger partial charge in [0.15, 0.2) is 17.3 Å². The molecule has 0 aliphatic heterocycles. The molecule has 3 aromatic carbocycles. The number of ether oxygens (including phenoxy) is 3. The lowest BCUT2D eigenvalue weighted by atomic mass is 10.1. The van der Waals surface area contributed by atoms with E-state index in [4.69, 9.17) is 18.7 Å². The molecule has 0 fully saturated rings. The number of rotatable bonds is 9. The van der Waals surface area contributed by atoms with E-state index in [9.17, 15) is 9.18 Å². The number of halogens is 1. The van der Waals surface area contributed by atoms with Crippen LogP contribution >= 0.6 is 0 Å². The highest BCUT2D eigenvalue weighted by Crippen LogP contribution is 2.32. The average molecular weight is 477 g/mol. The number of hydrogen-bond acceptors (Lipinski definition) is 6. The highest BCUT2D eigenvalue weighted by atomic mass is 19.1. The Morgan fingerprint density at radius 3 is 2.23 bits per heavy atom. The van der Waals surface area contributed by atoms with Gasteiger partial charge in [-0.15, -0.1) is 0 Å². The van der Waals surface area contributed by atoms with Gasteiger partial charge in [-0.25, -0.2) is 4.39 Å². The predicted molar refractivity (Wildman–Crippen MR) is 128 cm³/mol. The number of carbonyl (C=O) groups is 1. The summed E-state index contributed by atoms with van der Waals surface area (Å²) in [7, 11) is 4.70. The van der Waals surface area contributed by atoms with Gasteiger partial charge in [-0.1, -0.05) is 17.3 Å². The summed E-state index contributed by atoms with van der Waals surface area (Å²) in [6.07, 6.45) is 0. The second kappa shape index (κ2) is 10.7. The number of methoxy groups -OCH3 is 3. The molecule has 0 spiro atoms. The Morgan fingerprint density at radius 2 is 1.57 bits per heavy atom. The van der Waals surface area contributed by atoms with E-state index in [0.717, 1.165) is 11.1 Å². The van der Waals surface area contributed by atoms with Crippen molar-refractivity contribution in [1.82, 2.24) is 10.1 Å². The Kier molecular flexibility index (Phi) is 7.30. The van der Waals surface area contributed by atoms with E-state index in [1.807, 2.05) is 6.07 Å². The van der Waals surface area contributed by atoms with Gasteiger partial charge >= 0.3 is 0 Å². The molecule has 1 heterocycles. The summed E-state index contributed by atoms with van der Waals surface area (Å²) in [6, 6.07) is 20.1. The maximum absolute atomic E-state index is 13.4. The molecule has 0 unspecified atom stereocenters. The molecule has 0 radical (unpaired) electrons. The molecule has 1 amide bonds. The highest BCUT2D eigenvalue weighted by molar-refractivity contribution is 5.94. The topological polar surface area (TPSA) is 74.0 Å². The largest absolute Gasteiger partial charge is 0.497 e. The summed E-state index contributed by atoms with van der Waals surface area (Å²) < 4.78 is 34.8. The standard InChI is InChI=1S/C27H25FN2O5/c1-32-23-11-6-19(7-12-23)27(31)30(16-18-4-9-21(28)10-5-18)17-22-15-25(35-29-22)20-8-13-24(33-2)26(14-20)34-3/h4-15H,16-17H2,1-3H3. The maximum atomic E-state index is 13.4. The summed E-state index contributed by atoms with van der Waals surface area (Å²) in [5.74, 6) is 1.81. The monoisotopic (exact) mass is 476 g/mol. The molecular weight excluding hydrogens is 451 g/mol. The van der Waals surface area contributed by atoms with Crippen LogP contribution in [-0.4, -0.2) is 37.3 Å². The second-order valence-electron chi connectivity index (χ2n) is 7.77. The van der Waals surface area contributed by atoms with Crippen molar-refractivity contribution >= 4 is 5.91 Å². The van der Waals surface area contributed by atoms with Crippen molar-refractivity contribution in [3.63, 3.8) is 0 Å². The second-order valence-corrected chi connectivity index (χ2v) is 7.77. The Labute approximate surface area is 202 Å². The molecule has 0 N–H and O–H groups in total. The molecule has 4 aromatic rings. The molecule has 0 atom stereocenters. The Hall–Kier alpha value is -4.33. The zero-order chi connectivity index (χ0) is 24.8. The van der Waals surface area contributed by atoms with E-state index in [2.05, 4.69) is 5.16 Å². The predicted octanol–water partition coefficient (Wildman–Crippen LogP) is 5.35. The smallest absolute Gasteiger partial charge is 0.254 e. The lowest BCUT2D eigenvalue weighted by molar-refractivity contribution is 0.0726. The molecule has 0 aliphatic carbocycles. The lowest BCUT2D eigenvalue weighted by Crippen LogP contribution is -2.30. The van der Waals surface area contributed by atoms with Crippen LogP contribution in [0.25, 0.3) is 11.3 Å². The summed E-state index contributed by atoms with van der Waals surface area (Å²) >= 11 is 0. The quantitative estimate of drug-likeness (QED) is 0.324.